The van der Waals surface area contributed by atoms with Crippen molar-refractivity contribution in [1.29, 1.82) is 0 Å². The Morgan fingerprint density at radius 2 is 2.19 bits per heavy atom. The van der Waals surface area contributed by atoms with E-state index in [4.69, 9.17) is 9.84 Å². The number of hydrogen-bond donors (Lipinski definition) is 2. The van der Waals surface area contributed by atoms with Crippen LogP contribution in [0.25, 0.3) is 0 Å². The first-order valence-electron chi connectivity index (χ1n) is 6.93. The van der Waals surface area contributed by atoms with Gasteiger partial charge in [0.05, 0.1) is 17.6 Å². The zero-order chi connectivity index (χ0) is 15.1. The number of hydrogen-bond acceptors (Lipinski definition) is 4. The summed E-state index contributed by atoms with van der Waals surface area (Å²) in [5, 5.41) is 8.73. The lowest BCUT2D eigenvalue weighted by Gasteiger charge is -2.12. The Morgan fingerprint density at radius 1 is 1.38 bits per heavy atom. The van der Waals surface area contributed by atoms with Gasteiger partial charge in [0, 0.05) is 25.1 Å². The molecular formula is C15H19NO4S. The van der Waals surface area contributed by atoms with Crippen molar-refractivity contribution in [3.63, 3.8) is 0 Å². The number of aliphatic hydroxyl groups is 1. The first-order chi connectivity index (χ1) is 10.1. The van der Waals surface area contributed by atoms with Crippen LogP contribution in [0.2, 0.25) is 0 Å². The molecule has 1 aromatic rings. The van der Waals surface area contributed by atoms with Crippen molar-refractivity contribution in [3.8, 4) is 11.8 Å². The molecule has 1 aliphatic heterocycles. The van der Waals surface area contributed by atoms with E-state index in [0.717, 1.165) is 12.8 Å². The van der Waals surface area contributed by atoms with Crippen molar-refractivity contribution in [1.82, 2.24) is 4.72 Å². The quantitative estimate of drug-likeness (QED) is 0.792. The van der Waals surface area contributed by atoms with Crippen molar-refractivity contribution in [2.24, 2.45) is 0 Å². The van der Waals surface area contributed by atoms with Crippen LogP contribution in [0.3, 0.4) is 0 Å². The molecule has 0 aromatic heterocycles. The highest BCUT2D eigenvalue weighted by Crippen LogP contribution is 2.16. The molecule has 1 saturated heterocycles. The van der Waals surface area contributed by atoms with Gasteiger partial charge < -0.3 is 9.84 Å². The van der Waals surface area contributed by atoms with Crippen LogP contribution in [0.4, 0.5) is 0 Å². The lowest BCUT2D eigenvalue weighted by atomic mass is 10.2. The number of ether oxygens (including phenoxy) is 1. The smallest absolute Gasteiger partial charge is 0.241 e. The minimum Gasteiger partial charge on any atom is -0.395 e. The fourth-order valence-corrected chi connectivity index (χ4v) is 3.33. The molecular weight excluding hydrogens is 290 g/mol. The molecule has 1 atom stereocenters. The topological polar surface area (TPSA) is 75.6 Å². The van der Waals surface area contributed by atoms with Crippen molar-refractivity contribution in [2.75, 3.05) is 19.8 Å². The van der Waals surface area contributed by atoms with E-state index < -0.39 is 10.0 Å². The first kappa shape index (κ1) is 16.0. The molecule has 2 rings (SSSR count). The van der Waals surface area contributed by atoms with E-state index in [9.17, 15) is 8.42 Å². The van der Waals surface area contributed by atoms with Crippen LogP contribution >= 0.6 is 0 Å². The summed E-state index contributed by atoms with van der Waals surface area (Å²) in [6.07, 6.45) is 2.11. The van der Waals surface area contributed by atoms with Gasteiger partial charge in [0.1, 0.15) is 0 Å². The monoisotopic (exact) mass is 309 g/mol. The molecule has 1 fully saturated rings. The van der Waals surface area contributed by atoms with Gasteiger partial charge in [0.25, 0.3) is 0 Å². The van der Waals surface area contributed by atoms with Crippen molar-refractivity contribution in [3.05, 3.63) is 29.8 Å². The van der Waals surface area contributed by atoms with Gasteiger partial charge in [-0.15, -0.1) is 0 Å². The lowest BCUT2D eigenvalue weighted by Crippen LogP contribution is -2.32. The molecule has 1 unspecified atom stereocenters. The Morgan fingerprint density at radius 3 is 2.90 bits per heavy atom. The SMILES string of the molecule is O=S(=O)(NCC1CCCO1)c1ccccc1C#CCCO. The molecule has 0 radical (unpaired) electrons. The maximum absolute atomic E-state index is 12.4. The fraction of sp³-hybridized carbons (Fsp3) is 0.467. The van der Waals surface area contributed by atoms with Gasteiger partial charge in [-0.05, 0) is 25.0 Å². The predicted molar refractivity (Wildman–Crippen MR) is 79.2 cm³/mol. The van der Waals surface area contributed by atoms with Gasteiger partial charge in [-0.3, -0.25) is 0 Å². The first-order valence-corrected chi connectivity index (χ1v) is 8.42. The highest BCUT2D eigenvalue weighted by molar-refractivity contribution is 7.89. The van der Waals surface area contributed by atoms with Gasteiger partial charge in [-0.2, -0.15) is 0 Å². The van der Waals surface area contributed by atoms with Crippen LogP contribution < -0.4 is 4.72 Å². The van der Waals surface area contributed by atoms with Crippen LogP contribution in [-0.4, -0.2) is 39.4 Å². The summed E-state index contributed by atoms with van der Waals surface area (Å²) < 4.78 is 32.7. The summed E-state index contributed by atoms with van der Waals surface area (Å²) in [5.74, 6) is 5.53. The summed E-state index contributed by atoms with van der Waals surface area (Å²) >= 11 is 0. The third-order valence-corrected chi connectivity index (χ3v) is 4.64. The van der Waals surface area contributed by atoms with Gasteiger partial charge in [-0.1, -0.05) is 24.0 Å². The summed E-state index contributed by atoms with van der Waals surface area (Å²) in [6, 6.07) is 6.59. The Kier molecular flexibility index (Phi) is 5.76. The molecule has 2 N–H and O–H groups in total. The zero-order valence-corrected chi connectivity index (χ0v) is 12.5. The van der Waals surface area contributed by atoms with E-state index in [-0.39, 0.29) is 24.2 Å². The minimum absolute atomic E-state index is 0.0425. The highest BCUT2D eigenvalue weighted by atomic mass is 32.2. The van der Waals surface area contributed by atoms with E-state index in [1.54, 1.807) is 18.2 Å². The molecule has 0 amide bonds. The second-order valence-electron chi connectivity index (χ2n) is 4.76. The molecule has 114 valence electrons. The van der Waals surface area contributed by atoms with Crippen LogP contribution in [0.5, 0.6) is 0 Å². The van der Waals surface area contributed by atoms with E-state index in [2.05, 4.69) is 16.6 Å². The largest absolute Gasteiger partial charge is 0.395 e. The summed E-state index contributed by atoms with van der Waals surface area (Å²) in [7, 11) is -3.61. The van der Waals surface area contributed by atoms with Crippen molar-refractivity contribution >= 4 is 10.0 Å². The van der Waals surface area contributed by atoms with Crippen LogP contribution in [0, 0.1) is 11.8 Å². The van der Waals surface area contributed by atoms with Gasteiger partial charge in [-0.25, -0.2) is 13.1 Å². The third-order valence-electron chi connectivity index (χ3n) is 3.16. The van der Waals surface area contributed by atoms with Crippen LogP contribution in [-0.2, 0) is 14.8 Å². The summed E-state index contributed by atoms with van der Waals surface area (Å²) in [6.45, 7) is 0.926. The second kappa shape index (κ2) is 7.57. The predicted octanol–water partition coefficient (Wildman–Crippen LogP) is 0.878. The van der Waals surface area contributed by atoms with E-state index in [1.807, 2.05) is 0 Å². The molecule has 6 heteroatoms. The molecule has 1 aliphatic rings. The van der Waals surface area contributed by atoms with Gasteiger partial charge in [0.15, 0.2) is 0 Å². The summed E-state index contributed by atoms with van der Waals surface area (Å²) in [4.78, 5) is 0.161. The normalized spacial score (nSPS) is 18.2. The maximum Gasteiger partial charge on any atom is 0.241 e. The Labute approximate surface area is 125 Å². The van der Waals surface area contributed by atoms with Gasteiger partial charge >= 0.3 is 0 Å². The maximum atomic E-state index is 12.4. The number of sulfonamides is 1. The average Bonchev–Trinajstić information content (AvgIpc) is 2.99. The minimum atomic E-state index is -3.61. The number of rotatable bonds is 5. The van der Waals surface area contributed by atoms with E-state index in [0.29, 0.717) is 18.6 Å². The van der Waals surface area contributed by atoms with Gasteiger partial charge in [0.2, 0.25) is 10.0 Å². The van der Waals surface area contributed by atoms with Crippen molar-refractivity contribution < 1.29 is 18.3 Å². The molecule has 0 bridgehead atoms. The van der Waals surface area contributed by atoms with E-state index in [1.165, 1.54) is 6.07 Å². The second-order valence-corrected chi connectivity index (χ2v) is 6.49. The van der Waals surface area contributed by atoms with Crippen LogP contribution in [0.1, 0.15) is 24.8 Å². The summed E-state index contributed by atoms with van der Waals surface area (Å²) in [5.41, 5.74) is 0.436. The Balaban J connectivity index is 2.13. The molecule has 5 nitrogen and oxygen atoms in total. The molecule has 21 heavy (non-hydrogen) atoms. The molecule has 0 aliphatic carbocycles. The third kappa shape index (κ3) is 4.55. The lowest BCUT2D eigenvalue weighted by molar-refractivity contribution is 0.114. The molecule has 0 spiro atoms. The molecule has 1 aromatic carbocycles. The van der Waals surface area contributed by atoms with Crippen LogP contribution in [0.15, 0.2) is 29.2 Å². The Bertz CT molecular complexity index is 625. The number of aliphatic hydroxyl groups excluding tert-OH is 1. The Hall–Kier alpha value is -1.39. The highest BCUT2D eigenvalue weighted by Gasteiger charge is 2.21. The van der Waals surface area contributed by atoms with Crippen molar-refractivity contribution in [2.45, 2.75) is 30.3 Å². The molecule has 0 saturated carbocycles. The number of benzene rings is 1. The number of nitrogens with one attached hydrogen (secondary N) is 1. The van der Waals surface area contributed by atoms with E-state index >= 15 is 0 Å². The standard InChI is InChI=1S/C15H19NO4S/c17-10-4-3-7-13-6-1-2-9-15(13)21(18,19)16-12-14-8-5-11-20-14/h1-2,6,9,14,16-17H,4-5,8,10-12H2. The zero-order valence-electron chi connectivity index (χ0n) is 11.7. The fourth-order valence-electron chi connectivity index (χ4n) is 2.10. The molecule has 1 heterocycles. The average molecular weight is 309 g/mol.